The Labute approximate surface area is 128 Å². The Bertz CT molecular complexity index is 639. The summed E-state index contributed by atoms with van der Waals surface area (Å²) in [6.45, 7) is 1.82. The van der Waals surface area contributed by atoms with E-state index in [2.05, 4.69) is 20.3 Å². The number of hydrogen-bond acceptors (Lipinski definition) is 5. The fraction of sp³-hybridized carbons (Fsp3) is 0.375. The van der Waals surface area contributed by atoms with Gasteiger partial charge in [-0.3, -0.25) is 14.8 Å². The van der Waals surface area contributed by atoms with Crippen molar-refractivity contribution >= 4 is 5.91 Å². The van der Waals surface area contributed by atoms with Crippen LogP contribution in [-0.4, -0.2) is 32.1 Å². The molecule has 1 saturated carbocycles. The van der Waals surface area contributed by atoms with Crippen LogP contribution in [0.3, 0.4) is 0 Å². The fourth-order valence-corrected chi connectivity index (χ4v) is 2.62. The summed E-state index contributed by atoms with van der Waals surface area (Å²) in [4.78, 5) is 24.9. The number of aliphatic hydroxyl groups excluding tert-OH is 1. The Hall–Kier alpha value is -2.34. The fourth-order valence-electron chi connectivity index (χ4n) is 2.62. The van der Waals surface area contributed by atoms with Gasteiger partial charge in [0.2, 0.25) is 0 Å². The number of aryl methyl sites for hydroxylation is 1. The number of aromatic nitrogens is 3. The van der Waals surface area contributed by atoms with E-state index in [4.69, 9.17) is 0 Å². The second-order valence-electron chi connectivity index (χ2n) is 5.63. The summed E-state index contributed by atoms with van der Waals surface area (Å²) >= 11 is 0. The normalized spacial score (nSPS) is 21.7. The number of carbonyl (C=O) groups excluding carboxylic acids is 1. The predicted octanol–water partition coefficient (Wildman–Crippen LogP) is 1.42. The van der Waals surface area contributed by atoms with Gasteiger partial charge < -0.3 is 10.4 Å². The summed E-state index contributed by atoms with van der Waals surface area (Å²) in [7, 11) is 0. The van der Waals surface area contributed by atoms with E-state index in [1.807, 2.05) is 25.1 Å². The van der Waals surface area contributed by atoms with Gasteiger partial charge in [0.15, 0.2) is 0 Å². The number of hydrogen-bond donors (Lipinski definition) is 2. The van der Waals surface area contributed by atoms with Crippen molar-refractivity contribution in [3.05, 3.63) is 53.9 Å². The first-order chi connectivity index (χ1) is 10.6. The molecule has 2 N–H and O–H groups in total. The van der Waals surface area contributed by atoms with E-state index < -0.39 is 0 Å². The van der Waals surface area contributed by atoms with Crippen LogP contribution in [0, 0.1) is 12.8 Å². The number of aliphatic hydroxyl groups is 1. The summed E-state index contributed by atoms with van der Waals surface area (Å²) in [6, 6.07) is 5.39. The van der Waals surface area contributed by atoms with Crippen LogP contribution >= 0.6 is 0 Å². The molecule has 22 heavy (non-hydrogen) atoms. The summed E-state index contributed by atoms with van der Waals surface area (Å²) in [5.41, 5.74) is 1.85. The molecule has 1 aliphatic carbocycles. The Morgan fingerprint density at radius 2 is 2.09 bits per heavy atom. The quantitative estimate of drug-likeness (QED) is 0.891. The van der Waals surface area contributed by atoms with Crippen molar-refractivity contribution in [1.29, 1.82) is 0 Å². The van der Waals surface area contributed by atoms with Crippen LogP contribution in [0.4, 0.5) is 0 Å². The van der Waals surface area contributed by atoms with Crippen molar-refractivity contribution in [2.75, 3.05) is 0 Å². The molecule has 114 valence electrons. The number of nitrogens with zero attached hydrogens (tertiary/aromatic N) is 3. The summed E-state index contributed by atoms with van der Waals surface area (Å²) in [5.74, 6) is -0.0863. The number of amides is 1. The van der Waals surface area contributed by atoms with Gasteiger partial charge >= 0.3 is 0 Å². The third kappa shape index (κ3) is 3.12. The van der Waals surface area contributed by atoms with Gasteiger partial charge in [-0.2, -0.15) is 0 Å². The van der Waals surface area contributed by atoms with E-state index in [-0.39, 0.29) is 29.7 Å². The molecular weight excluding hydrogens is 280 g/mol. The molecule has 0 saturated heterocycles. The molecule has 0 spiro atoms. The molecule has 2 heterocycles. The lowest BCUT2D eigenvalue weighted by Crippen LogP contribution is -2.42. The Morgan fingerprint density at radius 3 is 2.68 bits per heavy atom. The van der Waals surface area contributed by atoms with Crippen LogP contribution in [0.2, 0.25) is 0 Å². The molecule has 0 radical (unpaired) electrons. The lowest BCUT2D eigenvalue weighted by Gasteiger charge is -2.37. The molecule has 6 heteroatoms. The van der Waals surface area contributed by atoms with Gasteiger partial charge in [0.1, 0.15) is 5.69 Å². The molecule has 1 aliphatic rings. The standard InChI is InChI=1S/C16H18N4O2/c1-10-8-19-14(9-18-10)16(22)20-15(11-6-12(21)7-11)13-4-2-3-5-17-13/h2-5,8-9,11-12,15,21H,6-7H2,1H3,(H,20,22)/t11?,12?,15-/m0/s1. The van der Waals surface area contributed by atoms with Crippen LogP contribution in [0.25, 0.3) is 0 Å². The van der Waals surface area contributed by atoms with E-state index in [1.165, 1.54) is 6.20 Å². The molecule has 2 aromatic rings. The first-order valence-corrected chi connectivity index (χ1v) is 7.32. The third-order valence-corrected chi connectivity index (χ3v) is 3.93. The number of carbonyl (C=O) groups is 1. The minimum absolute atomic E-state index is 0.187. The van der Waals surface area contributed by atoms with E-state index in [0.717, 1.165) is 11.4 Å². The van der Waals surface area contributed by atoms with Gasteiger partial charge in [-0.15, -0.1) is 0 Å². The highest BCUT2D eigenvalue weighted by Gasteiger charge is 2.36. The third-order valence-electron chi connectivity index (χ3n) is 3.93. The minimum Gasteiger partial charge on any atom is -0.393 e. The largest absolute Gasteiger partial charge is 0.393 e. The highest BCUT2D eigenvalue weighted by Crippen LogP contribution is 2.37. The summed E-state index contributed by atoms with van der Waals surface area (Å²) in [5, 5.41) is 12.5. The van der Waals surface area contributed by atoms with Gasteiger partial charge in [0, 0.05) is 12.4 Å². The zero-order valence-corrected chi connectivity index (χ0v) is 12.3. The first-order valence-electron chi connectivity index (χ1n) is 7.32. The average molecular weight is 298 g/mol. The number of nitrogens with one attached hydrogen (secondary N) is 1. The van der Waals surface area contributed by atoms with Crippen molar-refractivity contribution < 1.29 is 9.90 Å². The van der Waals surface area contributed by atoms with E-state index in [9.17, 15) is 9.90 Å². The Kier molecular flexibility index (Phi) is 4.11. The van der Waals surface area contributed by atoms with E-state index in [1.54, 1.807) is 12.4 Å². The van der Waals surface area contributed by atoms with Crippen molar-refractivity contribution in [1.82, 2.24) is 20.3 Å². The van der Waals surface area contributed by atoms with Crippen molar-refractivity contribution in [2.24, 2.45) is 5.92 Å². The lowest BCUT2D eigenvalue weighted by molar-refractivity contribution is 0.0227. The maximum atomic E-state index is 12.4. The summed E-state index contributed by atoms with van der Waals surface area (Å²) in [6.07, 6.45) is 5.79. The second-order valence-corrected chi connectivity index (χ2v) is 5.63. The molecule has 3 rings (SSSR count). The molecule has 0 aromatic carbocycles. The van der Waals surface area contributed by atoms with Crippen molar-refractivity contribution in [3.63, 3.8) is 0 Å². The highest BCUT2D eigenvalue weighted by molar-refractivity contribution is 5.92. The molecule has 1 fully saturated rings. The number of pyridine rings is 1. The summed E-state index contributed by atoms with van der Waals surface area (Å²) < 4.78 is 0. The molecule has 2 aromatic heterocycles. The van der Waals surface area contributed by atoms with Gasteiger partial charge in [-0.25, -0.2) is 4.98 Å². The minimum atomic E-state index is -0.285. The zero-order chi connectivity index (χ0) is 15.5. The zero-order valence-electron chi connectivity index (χ0n) is 12.3. The highest BCUT2D eigenvalue weighted by atomic mass is 16.3. The van der Waals surface area contributed by atoms with Gasteiger partial charge in [0.25, 0.3) is 5.91 Å². The maximum Gasteiger partial charge on any atom is 0.272 e. The van der Waals surface area contributed by atoms with Gasteiger partial charge in [0.05, 0.1) is 29.7 Å². The van der Waals surface area contributed by atoms with Crippen molar-refractivity contribution in [3.8, 4) is 0 Å². The first kappa shape index (κ1) is 14.6. The van der Waals surface area contributed by atoms with Crippen LogP contribution < -0.4 is 5.32 Å². The average Bonchev–Trinajstić information content (AvgIpc) is 2.51. The molecule has 0 bridgehead atoms. The lowest BCUT2D eigenvalue weighted by atomic mass is 9.76. The molecular formula is C16H18N4O2. The molecule has 0 aliphatic heterocycles. The van der Waals surface area contributed by atoms with Crippen LogP contribution in [0.15, 0.2) is 36.8 Å². The van der Waals surface area contributed by atoms with Crippen LogP contribution in [0.5, 0.6) is 0 Å². The van der Waals surface area contributed by atoms with E-state index >= 15 is 0 Å². The second kappa shape index (κ2) is 6.19. The monoisotopic (exact) mass is 298 g/mol. The van der Waals surface area contributed by atoms with Gasteiger partial charge in [-0.1, -0.05) is 6.07 Å². The topological polar surface area (TPSA) is 88.0 Å². The molecule has 6 nitrogen and oxygen atoms in total. The smallest absolute Gasteiger partial charge is 0.272 e. The van der Waals surface area contributed by atoms with Gasteiger partial charge in [-0.05, 0) is 37.8 Å². The molecule has 1 atom stereocenters. The SMILES string of the molecule is Cc1cnc(C(=O)N[C@H](c2ccccn2)C2CC(O)C2)cn1. The Morgan fingerprint density at radius 1 is 1.27 bits per heavy atom. The predicted molar refractivity (Wildman–Crippen MR) is 79.9 cm³/mol. The van der Waals surface area contributed by atoms with E-state index in [0.29, 0.717) is 12.8 Å². The van der Waals surface area contributed by atoms with Crippen LogP contribution in [-0.2, 0) is 0 Å². The maximum absolute atomic E-state index is 12.4. The van der Waals surface area contributed by atoms with Crippen LogP contribution in [0.1, 0.15) is 40.8 Å². The molecule has 1 amide bonds. The Balaban J connectivity index is 1.78. The number of rotatable bonds is 4. The molecule has 0 unspecified atom stereocenters. The van der Waals surface area contributed by atoms with Crippen molar-refractivity contribution in [2.45, 2.75) is 31.9 Å².